The van der Waals surface area contributed by atoms with Crippen LogP contribution >= 0.6 is 15.9 Å². The van der Waals surface area contributed by atoms with E-state index in [1.165, 1.54) is 11.1 Å². The van der Waals surface area contributed by atoms with Gasteiger partial charge in [-0.05, 0) is 11.1 Å². The van der Waals surface area contributed by atoms with Gasteiger partial charge in [0.05, 0.1) is 12.2 Å². The molecule has 9 heteroatoms. The van der Waals surface area contributed by atoms with Gasteiger partial charge in [-0.3, -0.25) is 14.3 Å². The summed E-state index contributed by atoms with van der Waals surface area (Å²) in [5.74, 6) is 0. The highest BCUT2D eigenvalue weighted by Crippen LogP contribution is 2.30. The molecule has 1 aromatic heterocycles. The first-order chi connectivity index (χ1) is 9.49. The number of rotatable bonds is 3. The molecule has 2 rings (SSSR count). The molecule has 1 aliphatic rings. The van der Waals surface area contributed by atoms with Crippen molar-refractivity contribution < 1.29 is 19.3 Å². The average Bonchev–Trinajstić information content (AvgIpc) is 2.70. The fraction of sp³-hybridized carbons (Fsp3) is 0.455. The topological polar surface area (TPSA) is 105 Å². The standard InChI is InChI=1S/C11H12BrFN2O5/c12-2-1-5-3-15(11(19)14-9(5)18)10-7(13)8(17)6(4-16)20-10/h1-3,6-8,10,16-17H,4H2,(H,14,18,19)/b2-1+. The van der Waals surface area contributed by atoms with Crippen LogP contribution in [-0.2, 0) is 4.74 Å². The zero-order chi connectivity index (χ0) is 14.9. The van der Waals surface area contributed by atoms with E-state index in [1.54, 1.807) is 0 Å². The number of halogens is 2. The van der Waals surface area contributed by atoms with Crippen molar-refractivity contribution in [3.8, 4) is 0 Å². The van der Waals surface area contributed by atoms with E-state index >= 15 is 0 Å². The smallest absolute Gasteiger partial charge is 0.330 e. The molecule has 0 saturated carbocycles. The summed E-state index contributed by atoms with van der Waals surface area (Å²) in [7, 11) is 0. The molecule has 0 spiro atoms. The van der Waals surface area contributed by atoms with Gasteiger partial charge in [0.2, 0.25) is 0 Å². The molecule has 2 heterocycles. The highest BCUT2D eigenvalue weighted by atomic mass is 79.9. The molecule has 4 atom stereocenters. The van der Waals surface area contributed by atoms with Crippen LogP contribution in [0, 0.1) is 0 Å². The number of aliphatic hydroxyl groups is 2. The van der Waals surface area contributed by atoms with Crippen molar-refractivity contribution in [2.24, 2.45) is 0 Å². The summed E-state index contributed by atoms with van der Waals surface area (Å²) in [6, 6.07) is 0. The molecule has 110 valence electrons. The van der Waals surface area contributed by atoms with Gasteiger partial charge in [0.1, 0.15) is 12.2 Å². The highest BCUT2D eigenvalue weighted by molar-refractivity contribution is 9.11. The quantitative estimate of drug-likeness (QED) is 0.681. The van der Waals surface area contributed by atoms with Crippen LogP contribution in [-0.4, -0.2) is 44.8 Å². The lowest BCUT2D eigenvalue weighted by atomic mass is 10.1. The number of aliphatic hydroxyl groups excluding tert-OH is 2. The van der Waals surface area contributed by atoms with Crippen LogP contribution in [0.3, 0.4) is 0 Å². The normalized spacial score (nSPS) is 30.2. The minimum absolute atomic E-state index is 0.110. The maximum absolute atomic E-state index is 13.9. The van der Waals surface area contributed by atoms with Crippen molar-refractivity contribution in [1.29, 1.82) is 0 Å². The average molecular weight is 351 g/mol. The van der Waals surface area contributed by atoms with Gasteiger partial charge in [-0.1, -0.05) is 15.9 Å². The van der Waals surface area contributed by atoms with Crippen molar-refractivity contribution in [1.82, 2.24) is 9.55 Å². The molecule has 0 bridgehead atoms. The zero-order valence-electron chi connectivity index (χ0n) is 10.1. The molecule has 0 radical (unpaired) electrons. The lowest BCUT2D eigenvalue weighted by Crippen LogP contribution is -2.36. The first kappa shape index (κ1) is 15.1. The third-order valence-corrected chi connectivity index (χ3v) is 3.25. The Kier molecular flexibility index (Phi) is 4.53. The number of aromatic amines is 1. The predicted molar refractivity (Wildman–Crippen MR) is 71.2 cm³/mol. The molecule has 1 saturated heterocycles. The van der Waals surface area contributed by atoms with Crippen LogP contribution in [0.2, 0.25) is 0 Å². The second kappa shape index (κ2) is 6.00. The molecule has 3 N–H and O–H groups in total. The van der Waals surface area contributed by atoms with Crippen molar-refractivity contribution >= 4 is 22.0 Å². The van der Waals surface area contributed by atoms with Gasteiger partial charge in [-0.25, -0.2) is 9.18 Å². The highest BCUT2D eigenvalue weighted by Gasteiger charge is 2.45. The van der Waals surface area contributed by atoms with Crippen LogP contribution in [0.25, 0.3) is 6.08 Å². The van der Waals surface area contributed by atoms with Gasteiger partial charge < -0.3 is 14.9 Å². The van der Waals surface area contributed by atoms with Gasteiger partial charge in [-0.15, -0.1) is 0 Å². The molecule has 7 nitrogen and oxygen atoms in total. The van der Waals surface area contributed by atoms with E-state index in [0.29, 0.717) is 0 Å². The van der Waals surface area contributed by atoms with Crippen molar-refractivity contribution in [3.05, 3.63) is 37.6 Å². The Morgan fingerprint density at radius 2 is 2.25 bits per heavy atom. The Bertz CT molecular complexity index is 628. The summed E-state index contributed by atoms with van der Waals surface area (Å²) in [4.78, 5) is 26.6. The predicted octanol–water partition coefficient (Wildman–Crippen LogP) is -0.509. The Hall–Kier alpha value is -1.29. The molecule has 1 fully saturated rings. The lowest BCUT2D eigenvalue weighted by Gasteiger charge is -2.16. The number of hydrogen-bond donors (Lipinski definition) is 3. The molecule has 1 aliphatic heterocycles. The summed E-state index contributed by atoms with van der Waals surface area (Å²) >= 11 is 2.99. The minimum Gasteiger partial charge on any atom is -0.394 e. The van der Waals surface area contributed by atoms with E-state index in [9.17, 15) is 19.1 Å². The fourth-order valence-electron chi connectivity index (χ4n) is 1.95. The maximum Gasteiger partial charge on any atom is 0.330 e. The third-order valence-electron chi connectivity index (χ3n) is 2.99. The van der Waals surface area contributed by atoms with E-state index in [1.807, 2.05) is 4.98 Å². The molecule has 4 unspecified atom stereocenters. The summed E-state index contributed by atoms with van der Waals surface area (Å²) in [5, 5.41) is 18.5. The van der Waals surface area contributed by atoms with Crippen LogP contribution in [0.15, 0.2) is 20.8 Å². The summed E-state index contributed by atoms with van der Waals surface area (Å²) in [5.41, 5.74) is -1.38. The second-order valence-corrected chi connectivity index (χ2v) is 4.75. The molecule has 0 aromatic carbocycles. The molecular formula is C11H12BrFN2O5. The monoisotopic (exact) mass is 350 g/mol. The van der Waals surface area contributed by atoms with E-state index in [4.69, 9.17) is 9.84 Å². The molecule has 1 aromatic rings. The van der Waals surface area contributed by atoms with E-state index in [0.717, 1.165) is 10.8 Å². The first-order valence-corrected chi connectivity index (χ1v) is 6.62. The Morgan fingerprint density at radius 3 is 2.80 bits per heavy atom. The third kappa shape index (κ3) is 2.62. The zero-order valence-corrected chi connectivity index (χ0v) is 11.7. The lowest BCUT2D eigenvalue weighted by molar-refractivity contribution is -0.0491. The van der Waals surface area contributed by atoms with Crippen LogP contribution < -0.4 is 11.2 Å². The van der Waals surface area contributed by atoms with Crippen LogP contribution in [0.1, 0.15) is 11.8 Å². The minimum atomic E-state index is -1.89. The summed E-state index contributed by atoms with van der Waals surface area (Å²) in [6.07, 6.45) is -3.46. The fourth-order valence-corrected chi connectivity index (χ4v) is 2.24. The number of ether oxygens (including phenoxy) is 1. The van der Waals surface area contributed by atoms with E-state index < -0.39 is 42.5 Å². The van der Waals surface area contributed by atoms with Crippen LogP contribution in [0.4, 0.5) is 4.39 Å². The summed E-state index contributed by atoms with van der Waals surface area (Å²) in [6.45, 7) is -0.579. The van der Waals surface area contributed by atoms with Crippen LogP contribution in [0.5, 0.6) is 0 Å². The Morgan fingerprint density at radius 1 is 1.55 bits per heavy atom. The Labute approximate surface area is 120 Å². The number of H-pyrrole nitrogens is 1. The maximum atomic E-state index is 13.9. The largest absolute Gasteiger partial charge is 0.394 e. The van der Waals surface area contributed by atoms with E-state index in [-0.39, 0.29) is 5.56 Å². The van der Waals surface area contributed by atoms with Gasteiger partial charge in [0.15, 0.2) is 12.4 Å². The number of hydrogen-bond acceptors (Lipinski definition) is 5. The number of alkyl halides is 1. The summed E-state index contributed by atoms with van der Waals surface area (Å²) < 4.78 is 19.9. The Balaban J connectivity index is 2.46. The number of aromatic nitrogens is 2. The number of nitrogens with one attached hydrogen (secondary N) is 1. The van der Waals surface area contributed by atoms with Crippen molar-refractivity contribution in [2.45, 2.75) is 24.6 Å². The second-order valence-electron chi connectivity index (χ2n) is 4.23. The number of nitrogens with zero attached hydrogens (tertiary/aromatic N) is 1. The molecule has 0 aliphatic carbocycles. The van der Waals surface area contributed by atoms with Gasteiger partial charge in [0.25, 0.3) is 5.56 Å². The molecule has 0 amide bonds. The SMILES string of the molecule is O=c1[nH]c(=O)n(C2OC(CO)C(O)C2F)cc1/C=C/Br. The van der Waals surface area contributed by atoms with Crippen molar-refractivity contribution in [2.75, 3.05) is 6.61 Å². The van der Waals surface area contributed by atoms with Gasteiger partial charge in [0, 0.05) is 6.20 Å². The first-order valence-electron chi connectivity index (χ1n) is 5.70. The van der Waals surface area contributed by atoms with E-state index in [2.05, 4.69) is 15.9 Å². The van der Waals surface area contributed by atoms with Gasteiger partial charge in [-0.2, -0.15) is 0 Å². The van der Waals surface area contributed by atoms with Crippen molar-refractivity contribution in [3.63, 3.8) is 0 Å². The molecule has 20 heavy (non-hydrogen) atoms. The van der Waals surface area contributed by atoms with Gasteiger partial charge >= 0.3 is 5.69 Å². The molecular weight excluding hydrogens is 339 g/mol.